The Morgan fingerprint density at radius 2 is 2.39 bits per heavy atom. The highest BCUT2D eigenvalue weighted by molar-refractivity contribution is 5.48. The van der Waals surface area contributed by atoms with Crippen molar-refractivity contribution in [2.75, 3.05) is 32.1 Å². The Morgan fingerprint density at radius 3 is 3.17 bits per heavy atom. The standard InChI is InChI=1S/C12H17N5O/c1-18-6-2-4-15-12-9-8-14-5-3-10(9)16-11(7-13)17-12/h14H,2-6,8H2,1H3,(H,15,16,17). The monoisotopic (exact) mass is 247 g/mol. The Hall–Kier alpha value is -1.71. The molecule has 0 aliphatic carbocycles. The van der Waals surface area contributed by atoms with E-state index in [-0.39, 0.29) is 5.82 Å². The van der Waals surface area contributed by atoms with E-state index in [4.69, 9.17) is 10.00 Å². The van der Waals surface area contributed by atoms with Crippen molar-refractivity contribution in [1.82, 2.24) is 15.3 Å². The second-order valence-corrected chi connectivity index (χ2v) is 4.13. The normalized spacial score (nSPS) is 13.8. The third-order valence-corrected chi connectivity index (χ3v) is 2.85. The molecule has 6 nitrogen and oxygen atoms in total. The van der Waals surface area contributed by atoms with Gasteiger partial charge in [0, 0.05) is 45.3 Å². The van der Waals surface area contributed by atoms with Crippen molar-refractivity contribution in [3.63, 3.8) is 0 Å². The highest BCUT2D eigenvalue weighted by Crippen LogP contribution is 2.19. The van der Waals surface area contributed by atoms with Crippen LogP contribution in [0, 0.1) is 11.3 Å². The predicted octanol–water partition coefficient (Wildman–Crippen LogP) is 0.442. The van der Waals surface area contributed by atoms with Gasteiger partial charge >= 0.3 is 0 Å². The van der Waals surface area contributed by atoms with Crippen LogP contribution in [0.5, 0.6) is 0 Å². The molecule has 2 rings (SSSR count). The van der Waals surface area contributed by atoms with Crippen molar-refractivity contribution in [2.24, 2.45) is 0 Å². The fourth-order valence-electron chi connectivity index (χ4n) is 1.96. The highest BCUT2D eigenvalue weighted by atomic mass is 16.5. The van der Waals surface area contributed by atoms with Crippen LogP contribution in [-0.2, 0) is 17.7 Å². The molecule has 0 saturated carbocycles. The molecular weight excluding hydrogens is 230 g/mol. The van der Waals surface area contributed by atoms with Gasteiger partial charge in [0.15, 0.2) is 0 Å². The van der Waals surface area contributed by atoms with Crippen LogP contribution in [0.2, 0.25) is 0 Å². The molecule has 1 aromatic heterocycles. The molecule has 0 radical (unpaired) electrons. The van der Waals surface area contributed by atoms with Crippen molar-refractivity contribution in [1.29, 1.82) is 5.26 Å². The van der Waals surface area contributed by atoms with Gasteiger partial charge in [-0.15, -0.1) is 0 Å². The van der Waals surface area contributed by atoms with Crippen molar-refractivity contribution in [3.05, 3.63) is 17.1 Å². The Labute approximate surface area is 106 Å². The lowest BCUT2D eigenvalue weighted by molar-refractivity contribution is 0.197. The van der Waals surface area contributed by atoms with E-state index in [1.807, 2.05) is 6.07 Å². The molecule has 0 spiro atoms. The summed E-state index contributed by atoms with van der Waals surface area (Å²) < 4.78 is 5.00. The molecule has 1 aliphatic rings. The van der Waals surface area contributed by atoms with Gasteiger partial charge in [0.1, 0.15) is 11.9 Å². The molecule has 0 atom stereocenters. The van der Waals surface area contributed by atoms with E-state index in [1.165, 1.54) is 0 Å². The van der Waals surface area contributed by atoms with Gasteiger partial charge in [-0.3, -0.25) is 0 Å². The van der Waals surface area contributed by atoms with Crippen LogP contribution < -0.4 is 10.6 Å². The number of rotatable bonds is 5. The first kappa shape index (κ1) is 12.7. The highest BCUT2D eigenvalue weighted by Gasteiger charge is 2.17. The summed E-state index contributed by atoms with van der Waals surface area (Å²) in [4.78, 5) is 8.50. The lowest BCUT2D eigenvalue weighted by Crippen LogP contribution is -2.27. The van der Waals surface area contributed by atoms with E-state index in [0.29, 0.717) is 6.61 Å². The van der Waals surface area contributed by atoms with Gasteiger partial charge in [0.25, 0.3) is 0 Å². The number of methoxy groups -OCH3 is 1. The Balaban J connectivity index is 2.14. The summed E-state index contributed by atoms with van der Waals surface area (Å²) in [5.74, 6) is 1.02. The van der Waals surface area contributed by atoms with Crippen molar-refractivity contribution in [3.8, 4) is 6.07 Å². The minimum absolute atomic E-state index is 0.241. The smallest absolute Gasteiger partial charge is 0.234 e. The number of nitrogens with one attached hydrogen (secondary N) is 2. The molecule has 0 unspecified atom stereocenters. The number of aromatic nitrogens is 2. The average Bonchev–Trinajstić information content (AvgIpc) is 2.43. The first-order valence-corrected chi connectivity index (χ1v) is 6.08. The summed E-state index contributed by atoms with van der Waals surface area (Å²) in [6.07, 6.45) is 1.75. The first-order valence-electron chi connectivity index (χ1n) is 6.08. The molecule has 0 bridgehead atoms. The Morgan fingerprint density at radius 1 is 1.50 bits per heavy atom. The predicted molar refractivity (Wildman–Crippen MR) is 67.1 cm³/mol. The zero-order valence-corrected chi connectivity index (χ0v) is 10.5. The summed E-state index contributed by atoms with van der Waals surface area (Å²) in [6.45, 7) is 3.15. The van der Waals surface area contributed by atoms with Gasteiger partial charge in [-0.05, 0) is 6.42 Å². The summed E-state index contributed by atoms with van der Waals surface area (Å²) in [7, 11) is 1.68. The lowest BCUT2D eigenvalue weighted by Gasteiger charge is -2.19. The SMILES string of the molecule is COCCCNc1nc(C#N)nc2c1CNCC2. The number of hydrogen-bond donors (Lipinski definition) is 2. The molecular formula is C12H17N5O. The van der Waals surface area contributed by atoms with Gasteiger partial charge < -0.3 is 15.4 Å². The minimum Gasteiger partial charge on any atom is -0.385 e. The van der Waals surface area contributed by atoms with Gasteiger partial charge in [-0.1, -0.05) is 0 Å². The molecule has 2 heterocycles. The molecule has 96 valence electrons. The number of nitrogens with zero attached hydrogens (tertiary/aromatic N) is 3. The third-order valence-electron chi connectivity index (χ3n) is 2.85. The van der Waals surface area contributed by atoms with E-state index in [1.54, 1.807) is 7.11 Å². The number of hydrogen-bond acceptors (Lipinski definition) is 6. The van der Waals surface area contributed by atoms with Crippen LogP contribution in [-0.4, -0.2) is 36.8 Å². The maximum Gasteiger partial charge on any atom is 0.234 e. The van der Waals surface area contributed by atoms with Crippen LogP contribution >= 0.6 is 0 Å². The van der Waals surface area contributed by atoms with Gasteiger partial charge in [-0.2, -0.15) is 5.26 Å². The van der Waals surface area contributed by atoms with Crippen molar-refractivity contribution >= 4 is 5.82 Å². The zero-order chi connectivity index (χ0) is 12.8. The molecule has 0 fully saturated rings. The first-order chi connectivity index (χ1) is 8.85. The van der Waals surface area contributed by atoms with Crippen molar-refractivity contribution < 1.29 is 4.74 Å². The molecule has 6 heteroatoms. The molecule has 18 heavy (non-hydrogen) atoms. The van der Waals surface area contributed by atoms with Crippen molar-refractivity contribution in [2.45, 2.75) is 19.4 Å². The molecule has 0 amide bonds. The van der Waals surface area contributed by atoms with E-state index in [0.717, 1.165) is 49.6 Å². The summed E-state index contributed by atoms with van der Waals surface area (Å²) in [5, 5.41) is 15.5. The van der Waals surface area contributed by atoms with E-state index >= 15 is 0 Å². The van der Waals surface area contributed by atoms with Gasteiger partial charge in [0.2, 0.25) is 5.82 Å². The number of nitriles is 1. The quantitative estimate of drug-likeness (QED) is 0.735. The fourth-order valence-corrected chi connectivity index (χ4v) is 1.96. The number of ether oxygens (including phenoxy) is 1. The maximum atomic E-state index is 8.93. The number of fused-ring (bicyclic) bond motifs is 1. The largest absolute Gasteiger partial charge is 0.385 e. The third kappa shape index (κ3) is 2.94. The molecule has 2 N–H and O–H groups in total. The summed E-state index contributed by atoms with van der Waals surface area (Å²) >= 11 is 0. The van der Waals surface area contributed by atoms with Crippen LogP contribution in [0.15, 0.2) is 0 Å². The van der Waals surface area contributed by atoms with E-state index < -0.39 is 0 Å². The number of anilines is 1. The average molecular weight is 247 g/mol. The van der Waals surface area contributed by atoms with Gasteiger partial charge in [0.05, 0.1) is 5.69 Å². The second-order valence-electron chi connectivity index (χ2n) is 4.13. The lowest BCUT2D eigenvalue weighted by atomic mass is 10.1. The molecule has 1 aliphatic heterocycles. The van der Waals surface area contributed by atoms with E-state index in [9.17, 15) is 0 Å². The maximum absolute atomic E-state index is 8.93. The van der Waals surface area contributed by atoms with Crippen LogP contribution in [0.4, 0.5) is 5.82 Å². The Bertz CT molecular complexity index is 455. The summed E-state index contributed by atoms with van der Waals surface area (Å²) in [6, 6.07) is 2.01. The zero-order valence-electron chi connectivity index (χ0n) is 10.5. The molecule has 0 aromatic carbocycles. The fraction of sp³-hybridized carbons (Fsp3) is 0.583. The minimum atomic E-state index is 0.241. The van der Waals surface area contributed by atoms with Gasteiger partial charge in [-0.25, -0.2) is 9.97 Å². The van der Waals surface area contributed by atoms with Crippen LogP contribution in [0.3, 0.4) is 0 Å². The Kier molecular flexibility index (Phi) is 4.45. The molecule has 1 aromatic rings. The van der Waals surface area contributed by atoms with Crippen LogP contribution in [0.25, 0.3) is 0 Å². The van der Waals surface area contributed by atoms with Crippen LogP contribution in [0.1, 0.15) is 23.5 Å². The second kappa shape index (κ2) is 6.28. The topological polar surface area (TPSA) is 82.9 Å². The molecule has 0 saturated heterocycles. The summed E-state index contributed by atoms with van der Waals surface area (Å²) in [5.41, 5.74) is 2.06. The van der Waals surface area contributed by atoms with E-state index in [2.05, 4.69) is 20.6 Å².